The van der Waals surface area contributed by atoms with Crippen LogP contribution in [0.25, 0.3) is 0 Å². The molecular formula is C10H12BrF2NO. The summed E-state index contributed by atoms with van der Waals surface area (Å²) >= 11 is 2.13. The number of halogens is 3. The van der Waals surface area contributed by atoms with Gasteiger partial charge in [0, 0.05) is 19.8 Å². The van der Waals surface area contributed by atoms with Crippen molar-refractivity contribution in [1.82, 2.24) is 0 Å². The van der Waals surface area contributed by atoms with Gasteiger partial charge in [-0.2, -0.15) is 8.78 Å². The van der Waals surface area contributed by atoms with Crippen LogP contribution in [0.3, 0.4) is 0 Å². The fourth-order valence-electron chi connectivity index (χ4n) is 1.14. The van der Waals surface area contributed by atoms with Gasteiger partial charge in [-0.1, -0.05) is 12.1 Å². The summed E-state index contributed by atoms with van der Waals surface area (Å²) in [5.74, 6) is 0. The molecule has 0 heterocycles. The van der Waals surface area contributed by atoms with E-state index >= 15 is 0 Å². The van der Waals surface area contributed by atoms with E-state index in [9.17, 15) is 13.9 Å². The molecule has 2 nitrogen and oxygen atoms in total. The lowest BCUT2D eigenvalue weighted by Gasteiger charge is -2.18. The summed E-state index contributed by atoms with van der Waals surface area (Å²) in [4.78, 5) is -1.45. The van der Waals surface area contributed by atoms with Crippen molar-refractivity contribution in [2.24, 2.45) is 0 Å². The lowest BCUT2D eigenvalue weighted by atomic mass is 10.1. The zero-order valence-corrected chi connectivity index (χ0v) is 10.0. The van der Waals surface area contributed by atoms with Crippen molar-refractivity contribution in [3.8, 4) is 0 Å². The van der Waals surface area contributed by atoms with Crippen LogP contribution >= 0.6 is 15.9 Å². The highest BCUT2D eigenvalue weighted by Crippen LogP contribution is 2.36. The molecule has 0 saturated carbocycles. The van der Waals surface area contributed by atoms with Crippen LogP contribution in [0, 0.1) is 0 Å². The summed E-state index contributed by atoms with van der Waals surface area (Å²) in [7, 11) is 3.70. The Labute approximate surface area is 95.6 Å². The molecule has 0 aromatic heterocycles. The Morgan fingerprint density at radius 2 is 1.73 bits per heavy atom. The van der Waals surface area contributed by atoms with E-state index < -0.39 is 10.9 Å². The van der Waals surface area contributed by atoms with Crippen molar-refractivity contribution in [1.29, 1.82) is 0 Å². The number of benzene rings is 1. The monoisotopic (exact) mass is 279 g/mol. The first-order valence-corrected chi connectivity index (χ1v) is 5.13. The van der Waals surface area contributed by atoms with Gasteiger partial charge in [0.1, 0.15) is 0 Å². The fourth-order valence-corrected chi connectivity index (χ4v) is 1.41. The zero-order chi connectivity index (χ0) is 11.6. The Morgan fingerprint density at radius 1 is 1.27 bits per heavy atom. The summed E-state index contributed by atoms with van der Waals surface area (Å²) < 4.78 is 25.4. The van der Waals surface area contributed by atoms with Crippen LogP contribution in [0.5, 0.6) is 0 Å². The molecule has 5 heteroatoms. The van der Waals surface area contributed by atoms with Gasteiger partial charge < -0.3 is 10.0 Å². The maximum absolute atomic E-state index is 12.7. The van der Waals surface area contributed by atoms with Crippen LogP contribution in [0.15, 0.2) is 24.3 Å². The Hall–Kier alpha value is -0.680. The van der Waals surface area contributed by atoms with Crippen molar-refractivity contribution in [3.05, 3.63) is 29.8 Å². The molecule has 1 N–H and O–H groups in total. The van der Waals surface area contributed by atoms with E-state index in [1.807, 2.05) is 19.0 Å². The average molecular weight is 280 g/mol. The summed E-state index contributed by atoms with van der Waals surface area (Å²) in [5, 5.41) is 9.28. The normalized spacial score (nSPS) is 13.7. The largest absolute Gasteiger partial charge is 0.381 e. The number of aliphatic hydroxyl groups excluding tert-OH is 1. The van der Waals surface area contributed by atoms with Gasteiger partial charge in [0.2, 0.25) is 0 Å². The summed E-state index contributed by atoms with van der Waals surface area (Å²) in [6.45, 7) is 0. The molecule has 0 amide bonds. The van der Waals surface area contributed by atoms with Crippen molar-refractivity contribution in [3.63, 3.8) is 0 Å². The Morgan fingerprint density at radius 3 is 2.07 bits per heavy atom. The second kappa shape index (κ2) is 4.45. The maximum Gasteiger partial charge on any atom is 0.330 e. The topological polar surface area (TPSA) is 23.5 Å². The number of aliphatic hydroxyl groups is 1. The number of hydrogen-bond acceptors (Lipinski definition) is 2. The van der Waals surface area contributed by atoms with Gasteiger partial charge in [-0.25, -0.2) is 0 Å². The molecule has 0 aliphatic heterocycles. The SMILES string of the molecule is CN(C)c1ccc(C(O)C(F)(F)Br)cc1. The fraction of sp³-hybridized carbons (Fsp3) is 0.400. The van der Waals surface area contributed by atoms with E-state index in [0.29, 0.717) is 0 Å². The van der Waals surface area contributed by atoms with E-state index in [1.165, 1.54) is 12.1 Å². The van der Waals surface area contributed by atoms with Gasteiger partial charge in [-0.05, 0) is 33.6 Å². The van der Waals surface area contributed by atoms with Crippen LogP contribution in [0.4, 0.5) is 14.5 Å². The molecule has 0 spiro atoms. The molecule has 1 aromatic rings. The summed E-state index contributed by atoms with van der Waals surface area (Å²) in [6.07, 6.45) is -1.83. The third-order valence-electron chi connectivity index (χ3n) is 2.04. The third-order valence-corrected chi connectivity index (χ3v) is 2.47. The number of rotatable bonds is 3. The van der Waals surface area contributed by atoms with Crippen molar-refractivity contribution < 1.29 is 13.9 Å². The summed E-state index contributed by atoms with van der Waals surface area (Å²) in [6, 6.07) is 6.32. The molecule has 0 saturated heterocycles. The first-order valence-electron chi connectivity index (χ1n) is 4.34. The molecule has 0 fully saturated rings. The van der Waals surface area contributed by atoms with Crippen LogP contribution in [0.2, 0.25) is 0 Å². The van der Waals surface area contributed by atoms with Crippen LogP contribution in [0.1, 0.15) is 11.7 Å². The first-order chi connectivity index (χ1) is 6.82. The van der Waals surface area contributed by atoms with Crippen molar-refractivity contribution >= 4 is 21.6 Å². The molecule has 0 aliphatic rings. The standard InChI is InChI=1S/C10H12BrF2NO/c1-14(2)8-5-3-7(4-6-8)9(15)10(11,12)13/h3-6,9,15H,1-2H3. The Kier molecular flexibility index (Phi) is 3.67. The van der Waals surface area contributed by atoms with Gasteiger partial charge >= 0.3 is 4.83 Å². The Balaban J connectivity index is 2.89. The van der Waals surface area contributed by atoms with E-state index in [4.69, 9.17) is 0 Å². The van der Waals surface area contributed by atoms with Crippen molar-refractivity contribution in [2.45, 2.75) is 10.9 Å². The minimum absolute atomic E-state index is 0.183. The molecule has 0 aliphatic carbocycles. The molecule has 1 rings (SSSR count). The Bertz CT molecular complexity index is 321. The minimum Gasteiger partial charge on any atom is -0.381 e. The molecule has 1 unspecified atom stereocenters. The van der Waals surface area contributed by atoms with Crippen LogP contribution < -0.4 is 4.90 Å². The molecule has 1 atom stereocenters. The third kappa shape index (κ3) is 3.14. The smallest absolute Gasteiger partial charge is 0.330 e. The highest BCUT2D eigenvalue weighted by atomic mass is 79.9. The van der Waals surface area contributed by atoms with Gasteiger partial charge in [-0.15, -0.1) is 0 Å². The summed E-state index contributed by atoms with van der Waals surface area (Å²) in [5.41, 5.74) is 1.08. The average Bonchev–Trinajstić information content (AvgIpc) is 2.15. The van der Waals surface area contributed by atoms with E-state index in [1.54, 1.807) is 12.1 Å². The molecule has 0 bridgehead atoms. The molecule has 15 heavy (non-hydrogen) atoms. The van der Waals surface area contributed by atoms with E-state index in [2.05, 4.69) is 15.9 Å². The van der Waals surface area contributed by atoms with Gasteiger partial charge in [0.15, 0.2) is 6.10 Å². The molecule has 0 radical (unpaired) electrons. The lowest BCUT2D eigenvalue weighted by Crippen LogP contribution is -2.18. The van der Waals surface area contributed by atoms with Gasteiger partial charge in [0.05, 0.1) is 0 Å². The lowest BCUT2D eigenvalue weighted by molar-refractivity contribution is -0.0294. The zero-order valence-electron chi connectivity index (χ0n) is 8.42. The highest BCUT2D eigenvalue weighted by Gasteiger charge is 2.35. The molecule has 1 aromatic carbocycles. The van der Waals surface area contributed by atoms with E-state index in [-0.39, 0.29) is 5.56 Å². The van der Waals surface area contributed by atoms with Crippen LogP contribution in [-0.2, 0) is 0 Å². The first kappa shape index (κ1) is 12.4. The molecule has 84 valence electrons. The van der Waals surface area contributed by atoms with E-state index in [0.717, 1.165) is 5.69 Å². The second-order valence-electron chi connectivity index (χ2n) is 3.43. The van der Waals surface area contributed by atoms with Gasteiger partial charge in [0.25, 0.3) is 0 Å². The number of alkyl halides is 3. The highest BCUT2D eigenvalue weighted by molar-refractivity contribution is 9.10. The van der Waals surface area contributed by atoms with Crippen molar-refractivity contribution in [2.75, 3.05) is 19.0 Å². The van der Waals surface area contributed by atoms with Crippen LogP contribution in [-0.4, -0.2) is 24.0 Å². The maximum atomic E-state index is 12.7. The minimum atomic E-state index is -3.30. The predicted octanol–water partition coefficient (Wildman–Crippen LogP) is 2.77. The number of anilines is 1. The number of nitrogens with zero attached hydrogens (tertiary/aromatic N) is 1. The predicted molar refractivity (Wildman–Crippen MR) is 59.6 cm³/mol. The second-order valence-corrected chi connectivity index (χ2v) is 4.49. The molecular weight excluding hydrogens is 268 g/mol. The number of hydrogen-bond donors (Lipinski definition) is 1. The quantitative estimate of drug-likeness (QED) is 0.861. The van der Waals surface area contributed by atoms with Gasteiger partial charge in [-0.3, -0.25) is 0 Å².